The van der Waals surface area contributed by atoms with Gasteiger partial charge in [0.2, 0.25) is 0 Å². The minimum atomic E-state index is -0.336. The molecule has 1 aromatic carbocycles. The van der Waals surface area contributed by atoms with Gasteiger partial charge in [-0.1, -0.05) is 32.4 Å². The summed E-state index contributed by atoms with van der Waals surface area (Å²) in [7, 11) is 0. The normalized spacial score (nSPS) is 11.9. The van der Waals surface area contributed by atoms with Crippen molar-refractivity contribution in [2.24, 2.45) is 0 Å². The summed E-state index contributed by atoms with van der Waals surface area (Å²) in [5.74, 6) is -0.336. The van der Waals surface area contributed by atoms with Crippen molar-refractivity contribution in [2.45, 2.75) is 40.0 Å². The number of nitrogens with zero attached hydrogens (tertiary/aromatic N) is 1. The van der Waals surface area contributed by atoms with Gasteiger partial charge in [0, 0.05) is 11.3 Å². The van der Waals surface area contributed by atoms with Crippen LogP contribution in [0.2, 0.25) is 5.02 Å². The number of hydrogen-bond donors (Lipinski definition) is 1. The fourth-order valence-corrected chi connectivity index (χ4v) is 2.47. The van der Waals surface area contributed by atoms with Gasteiger partial charge in [0.05, 0.1) is 10.7 Å². The molecular formula is C15H18ClFN2. The Kier molecular flexibility index (Phi) is 3.43. The van der Waals surface area contributed by atoms with E-state index in [1.165, 1.54) is 0 Å². The molecule has 4 heteroatoms. The maximum Gasteiger partial charge on any atom is 0.145 e. The van der Waals surface area contributed by atoms with E-state index in [1.807, 2.05) is 40.7 Å². The number of aromatic amines is 1. The number of rotatable bonds is 1. The van der Waals surface area contributed by atoms with Crippen LogP contribution in [0.15, 0.2) is 12.1 Å². The number of halogens is 2. The Balaban J connectivity index is 2.71. The van der Waals surface area contributed by atoms with Crippen molar-refractivity contribution in [2.75, 3.05) is 0 Å². The van der Waals surface area contributed by atoms with Crippen LogP contribution in [0, 0.1) is 19.7 Å². The third-order valence-corrected chi connectivity index (χ3v) is 3.53. The summed E-state index contributed by atoms with van der Waals surface area (Å²) >= 11 is 6.04. The van der Waals surface area contributed by atoms with Crippen molar-refractivity contribution in [3.63, 3.8) is 0 Å². The first kappa shape index (κ1) is 14.1. The lowest BCUT2D eigenvalue weighted by molar-refractivity contribution is 0.523. The predicted octanol–water partition coefficient (Wildman–Crippen LogP) is 4.78. The molecule has 0 atom stereocenters. The molecule has 1 aromatic heterocycles. The third kappa shape index (κ3) is 2.52. The van der Waals surface area contributed by atoms with Gasteiger partial charge in [0.15, 0.2) is 0 Å². The molecule has 0 radical (unpaired) electrons. The lowest BCUT2D eigenvalue weighted by atomic mass is 9.84. The molecule has 0 aliphatic heterocycles. The second-order valence-electron chi connectivity index (χ2n) is 5.88. The van der Waals surface area contributed by atoms with Crippen molar-refractivity contribution in [3.05, 3.63) is 39.9 Å². The Morgan fingerprint density at radius 3 is 2.32 bits per heavy atom. The van der Waals surface area contributed by atoms with Gasteiger partial charge in [-0.25, -0.2) is 4.39 Å². The highest BCUT2D eigenvalue weighted by molar-refractivity contribution is 6.31. The number of H-pyrrole nitrogens is 1. The van der Waals surface area contributed by atoms with Gasteiger partial charge in [-0.2, -0.15) is 5.10 Å². The highest BCUT2D eigenvalue weighted by Gasteiger charge is 2.22. The SMILES string of the molecule is Cc1n[nH]c(C)c1-c1cc(Cl)c(F)c(C(C)(C)C)c1. The van der Waals surface area contributed by atoms with E-state index in [-0.39, 0.29) is 16.3 Å². The summed E-state index contributed by atoms with van der Waals surface area (Å²) < 4.78 is 14.2. The minimum absolute atomic E-state index is 0.155. The highest BCUT2D eigenvalue weighted by atomic mass is 35.5. The molecule has 19 heavy (non-hydrogen) atoms. The molecule has 2 aromatic rings. The highest BCUT2D eigenvalue weighted by Crippen LogP contribution is 2.35. The summed E-state index contributed by atoms with van der Waals surface area (Å²) in [6, 6.07) is 3.53. The molecule has 1 heterocycles. The summed E-state index contributed by atoms with van der Waals surface area (Å²) in [5.41, 5.74) is 4.07. The van der Waals surface area contributed by atoms with Gasteiger partial charge >= 0.3 is 0 Å². The van der Waals surface area contributed by atoms with E-state index >= 15 is 0 Å². The van der Waals surface area contributed by atoms with E-state index in [9.17, 15) is 4.39 Å². The van der Waals surface area contributed by atoms with Crippen LogP contribution in [0.4, 0.5) is 4.39 Å². The maximum absolute atomic E-state index is 14.2. The van der Waals surface area contributed by atoms with Crippen LogP contribution >= 0.6 is 11.6 Å². The lowest BCUT2D eigenvalue weighted by Gasteiger charge is -2.21. The Morgan fingerprint density at radius 1 is 1.21 bits per heavy atom. The summed E-state index contributed by atoms with van der Waals surface area (Å²) in [6.45, 7) is 9.79. The second-order valence-corrected chi connectivity index (χ2v) is 6.29. The number of aromatic nitrogens is 2. The monoisotopic (exact) mass is 280 g/mol. The predicted molar refractivity (Wildman–Crippen MR) is 77.2 cm³/mol. The van der Waals surface area contributed by atoms with Crippen molar-refractivity contribution < 1.29 is 4.39 Å². The molecule has 0 saturated carbocycles. The molecule has 0 bridgehead atoms. The Hall–Kier alpha value is -1.35. The molecule has 0 amide bonds. The first-order valence-electron chi connectivity index (χ1n) is 6.23. The van der Waals surface area contributed by atoms with Gasteiger partial charge in [-0.15, -0.1) is 0 Å². The van der Waals surface area contributed by atoms with Crippen molar-refractivity contribution in [1.29, 1.82) is 0 Å². The summed E-state index contributed by atoms with van der Waals surface area (Å²) in [6.07, 6.45) is 0. The topological polar surface area (TPSA) is 28.7 Å². The Labute approximate surface area is 118 Å². The molecule has 1 N–H and O–H groups in total. The molecule has 102 valence electrons. The van der Waals surface area contributed by atoms with Crippen molar-refractivity contribution in [3.8, 4) is 11.1 Å². The standard InChI is InChI=1S/C15H18ClFN2/c1-8-13(9(2)19-18-8)10-6-11(15(3,4)5)14(17)12(16)7-10/h6-7H,1-5H3,(H,18,19). The van der Waals surface area contributed by atoms with E-state index in [0.29, 0.717) is 5.56 Å². The largest absolute Gasteiger partial charge is 0.282 e. The Bertz CT molecular complexity index is 604. The average molecular weight is 281 g/mol. The minimum Gasteiger partial charge on any atom is -0.282 e. The fourth-order valence-electron chi connectivity index (χ4n) is 2.26. The van der Waals surface area contributed by atoms with Crippen LogP contribution in [-0.2, 0) is 5.41 Å². The number of aryl methyl sites for hydroxylation is 2. The van der Waals surface area contributed by atoms with E-state index in [0.717, 1.165) is 22.5 Å². The maximum atomic E-state index is 14.2. The van der Waals surface area contributed by atoms with Crippen LogP contribution in [0.3, 0.4) is 0 Å². The first-order chi connectivity index (χ1) is 8.71. The zero-order chi connectivity index (χ0) is 14.4. The first-order valence-corrected chi connectivity index (χ1v) is 6.61. The van der Waals surface area contributed by atoms with Crippen molar-refractivity contribution in [1.82, 2.24) is 10.2 Å². The third-order valence-electron chi connectivity index (χ3n) is 3.25. The quantitative estimate of drug-likeness (QED) is 0.800. The molecule has 0 aliphatic carbocycles. The molecule has 0 saturated heterocycles. The van der Waals surface area contributed by atoms with Gasteiger partial charge in [-0.3, -0.25) is 5.10 Å². The smallest absolute Gasteiger partial charge is 0.145 e. The molecule has 0 aliphatic rings. The molecule has 0 unspecified atom stereocenters. The Morgan fingerprint density at radius 2 is 1.84 bits per heavy atom. The number of benzene rings is 1. The molecule has 0 fully saturated rings. The van der Waals surface area contributed by atoms with Crippen LogP contribution in [0.5, 0.6) is 0 Å². The molecule has 2 rings (SSSR count). The molecule has 0 spiro atoms. The van der Waals surface area contributed by atoms with E-state index < -0.39 is 0 Å². The van der Waals surface area contributed by atoms with Gasteiger partial charge in [0.25, 0.3) is 0 Å². The number of nitrogens with one attached hydrogen (secondary N) is 1. The van der Waals surface area contributed by atoms with E-state index in [1.54, 1.807) is 6.07 Å². The summed E-state index contributed by atoms with van der Waals surface area (Å²) in [4.78, 5) is 0. The summed E-state index contributed by atoms with van der Waals surface area (Å²) in [5, 5.41) is 7.27. The average Bonchev–Trinajstić information content (AvgIpc) is 2.61. The second kappa shape index (κ2) is 4.64. The van der Waals surface area contributed by atoms with Gasteiger partial charge in [0.1, 0.15) is 5.82 Å². The van der Waals surface area contributed by atoms with Crippen LogP contribution in [0.25, 0.3) is 11.1 Å². The van der Waals surface area contributed by atoms with Gasteiger partial charge in [-0.05, 0) is 42.5 Å². The van der Waals surface area contributed by atoms with E-state index in [2.05, 4.69) is 10.2 Å². The molecule has 2 nitrogen and oxygen atoms in total. The fraction of sp³-hybridized carbons (Fsp3) is 0.400. The van der Waals surface area contributed by atoms with Crippen LogP contribution in [0.1, 0.15) is 37.7 Å². The van der Waals surface area contributed by atoms with Crippen LogP contribution in [-0.4, -0.2) is 10.2 Å². The van der Waals surface area contributed by atoms with Crippen LogP contribution < -0.4 is 0 Å². The van der Waals surface area contributed by atoms with Crippen molar-refractivity contribution >= 4 is 11.6 Å². The van der Waals surface area contributed by atoms with Gasteiger partial charge < -0.3 is 0 Å². The number of hydrogen-bond acceptors (Lipinski definition) is 1. The van der Waals surface area contributed by atoms with E-state index in [4.69, 9.17) is 11.6 Å². The molecular weight excluding hydrogens is 263 g/mol. The zero-order valence-electron chi connectivity index (χ0n) is 11.9. The lowest BCUT2D eigenvalue weighted by Crippen LogP contribution is -2.14. The zero-order valence-corrected chi connectivity index (χ0v) is 12.6.